The van der Waals surface area contributed by atoms with E-state index in [2.05, 4.69) is 0 Å². The Morgan fingerprint density at radius 3 is 1.55 bits per heavy atom. The minimum Gasteiger partial charge on any atom is -0.462 e. The molecule has 0 spiro atoms. The van der Waals surface area contributed by atoms with E-state index in [1.54, 1.807) is 27.7 Å². The standard InChI is InChI=1S/C22H30O9/c1-6-22(4,5)21(27)31-13-17(23)12-30-20(26)16-10-14(18(24)28-7-2)9-15(11-16)19(25)29-8-3/h9-11,17,23H,6-8,12-13H2,1-5H3. The van der Waals surface area contributed by atoms with Crippen molar-refractivity contribution < 1.29 is 43.2 Å². The highest BCUT2D eigenvalue weighted by Crippen LogP contribution is 2.21. The van der Waals surface area contributed by atoms with Crippen molar-refractivity contribution in [1.82, 2.24) is 0 Å². The Hall–Kier alpha value is -2.94. The fourth-order valence-electron chi connectivity index (χ4n) is 2.22. The molecule has 0 heterocycles. The van der Waals surface area contributed by atoms with E-state index in [4.69, 9.17) is 18.9 Å². The van der Waals surface area contributed by atoms with Gasteiger partial charge in [-0.3, -0.25) is 4.79 Å². The summed E-state index contributed by atoms with van der Waals surface area (Å²) in [4.78, 5) is 48.5. The van der Waals surface area contributed by atoms with Crippen LogP contribution in [-0.4, -0.2) is 61.5 Å². The van der Waals surface area contributed by atoms with E-state index in [9.17, 15) is 24.3 Å². The summed E-state index contributed by atoms with van der Waals surface area (Å²) in [6.45, 7) is 7.97. The molecule has 0 aliphatic rings. The molecular weight excluding hydrogens is 408 g/mol. The number of hydrogen-bond donors (Lipinski definition) is 1. The maximum Gasteiger partial charge on any atom is 0.338 e. The smallest absolute Gasteiger partial charge is 0.338 e. The van der Waals surface area contributed by atoms with Gasteiger partial charge >= 0.3 is 23.9 Å². The molecule has 0 saturated carbocycles. The summed E-state index contributed by atoms with van der Waals surface area (Å²) in [5.74, 6) is -2.78. The Morgan fingerprint density at radius 2 is 1.16 bits per heavy atom. The Morgan fingerprint density at radius 1 is 0.774 bits per heavy atom. The van der Waals surface area contributed by atoms with Crippen molar-refractivity contribution in [3.63, 3.8) is 0 Å². The number of rotatable bonds is 11. The van der Waals surface area contributed by atoms with Crippen molar-refractivity contribution in [2.75, 3.05) is 26.4 Å². The summed E-state index contributed by atoms with van der Waals surface area (Å²) < 4.78 is 19.9. The van der Waals surface area contributed by atoms with Crippen molar-refractivity contribution in [2.24, 2.45) is 5.41 Å². The largest absolute Gasteiger partial charge is 0.462 e. The molecular formula is C22H30O9. The number of hydrogen-bond acceptors (Lipinski definition) is 9. The molecule has 172 valence electrons. The van der Waals surface area contributed by atoms with E-state index in [1.165, 1.54) is 18.2 Å². The van der Waals surface area contributed by atoms with E-state index in [0.717, 1.165) is 0 Å². The first-order valence-corrected chi connectivity index (χ1v) is 10.1. The molecule has 1 rings (SSSR count). The minimum atomic E-state index is -1.24. The molecule has 1 aromatic carbocycles. The average molecular weight is 438 g/mol. The van der Waals surface area contributed by atoms with Crippen molar-refractivity contribution >= 4 is 23.9 Å². The molecule has 9 nitrogen and oxygen atoms in total. The highest BCUT2D eigenvalue weighted by molar-refractivity contribution is 6.00. The fraction of sp³-hybridized carbons (Fsp3) is 0.545. The van der Waals surface area contributed by atoms with Gasteiger partial charge in [0, 0.05) is 0 Å². The zero-order valence-electron chi connectivity index (χ0n) is 18.6. The van der Waals surface area contributed by atoms with Crippen LogP contribution in [0, 0.1) is 5.41 Å². The second-order valence-electron chi connectivity index (χ2n) is 7.33. The highest BCUT2D eigenvalue weighted by Gasteiger charge is 2.28. The normalized spacial score (nSPS) is 11.9. The van der Waals surface area contributed by atoms with Crippen LogP contribution >= 0.6 is 0 Å². The quantitative estimate of drug-likeness (QED) is 0.410. The van der Waals surface area contributed by atoms with Gasteiger partial charge in [-0.15, -0.1) is 0 Å². The molecule has 0 amide bonds. The molecule has 0 aliphatic carbocycles. The number of esters is 4. The van der Waals surface area contributed by atoms with Crippen LogP contribution in [0.5, 0.6) is 0 Å². The molecule has 0 radical (unpaired) electrons. The number of carbonyl (C=O) groups is 4. The number of benzene rings is 1. The first kappa shape index (κ1) is 26.1. The Labute approximate surface area is 181 Å². The van der Waals surface area contributed by atoms with Gasteiger partial charge in [-0.05, 0) is 52.3 Å². The molecule has 1 atom stereocenters. The highest BCUT2D eigenvalue weighted by atomic mass is 16.6. The van der Waals surface area contributed by atoms with Crippen LogP contribution < -0.4 is 0 Å². The van der Waals surface area contributed by atoms with Gasteiger partial charge in [0.2, 0.25) is 0 Å². The molecule has 0 saturated heterocycles. The lowest BCUT2D eigenvalue weighted by atomic mass is 9.91. The number of aliphatic hydroxyl groups excluding tert-OH is 1. The van der Waals surface area contributed by atoms with Crippen molar-refractivity contribution in [2.45, 2.75) is 47.1 Å². The number of carbonyl (C=O) groups excluding carboxylic acids is 4. The van der Waals surface area contributed by atoms with Gasteiger partial charge in [0.25, 0.3) is 0 Å². The maximum absolute atomic E-state index is 12.4. The topological polar surface area (TPSA) is 125 Å². The lowest BCUT2D eigenvalue weighted by molar-refractivity contribution is -0.157. The lowest BCUT2D eigenvalue weighted by Crippen LogP contribution is -2.31. The first-order valence-electron chi connectivity index (χ1n) is 10.1. The second kappa shape index (κ2) is 12.0. The predicted octanol–water partition coefficient (Wildman–Crippen LogP) is 2.54. The lowest BCUT2D eigenvalue weighted by Gasteiger charge is -2.21. The van der Waals surface area contributed by atoms with Gasteiger partial charge < -0.3 is 24.1 Å². The average Bonchev–Trinajstić information content (AvgIpc) is 2.75. The monoisotopic (exact) mass is 438 g/mol. The van der Waals surface area contributed by atoms with E-state index < -0.39 is 42.0 Å². The third-order valence-corrected chi connectivity index (χ3v) is 4.44. The zero-order chi connectivity index (χ0) is 23.6. The summed E-state index contributed by atoms with van der Waals surface area (Å²) in [7, 11) is 0. The summed E-state index contributed by atoms with van der Waals surface area (Å²) in [5, 5.41) is 9.96. The Bertz CT molecular complexity index is 762. The third-order valence-electron chi connectivity index (χ3n) is 4.44. The van der Waals surface area contributed by atoms with Crippen LogP contribution in [0.3, 0.4) is 0 Å². The van der Waals surface area contributed by atoms with Crippen LogP contribution in [0.4, 0.5) is 0 Å². The van der Waals surface area contributed by atoms with E-state index in [1.807, 2.05) is 6.92 Å². The van der Waals surface area contributed by atoms with E-state index >= 15 is 0 Å². The fourth-order valence-corrected chi connectivity index (χ4v) is 2.22. The van der Waals surface area contributed by atoms with Crippen LogP contribution in [0.15, 0.2) is 18.2 Å². The van der Waals surface area contributed by atoms with Crippen LogP contribution in [-0.2, 0) is 23.7 Å². The van der Waals surface area contributed by atoms with Gasteiger partial charge in [-0.2, -0.15) is 0 Å². The molecule has 0 bridgehead atoms. The Kier molecular flexibility index (Phi) is 10.1. The van der Waals surface area contributed by atoms with Crippen LogP contribution in [0.2, 0.25) is 0 Å². The summed E-state index contributed by atoms with van der Waals surface area (Å²) in [5.41, 5.74) is -0.816. The summed E-state index contributed by atoms with van der Waals surface area (Å²) in [6, 6.07) is 3.70. The molecule has 1 aromatic rings. The number of aliphatic hydroxyl groups is 1. The van der Waals surface area contributed by atoms with E-state index in [0.29, 0.717) is 6.42 Å². The van der Waals surface area contributed by atoms with Gasteiger partial charge in [-0.1, -0.05) is 6.92 Å². The molecule has 1 N–H and O–H groups in total. The van der Waals surface area contributed by atoms with Crippen molar-refractivity contribution in [1.29, 1.82) is 0 Å². The second-order valence-corrected chi connectivity index (χ2v) is 7.33. The van der Waals surface area contributed by atoms with Crippen molar-refractivity contribution in [3.05, 3.63) is 34.9 Å². The predicted molar refractivity (Wildman–Crippen MR) is 110 cm³/mol. The van der Waals surface area contributed by atoms with Gasteiger partial charge in [0.15, 0.2) is 0 Å². The van der Waals surface area contributed by atoms with Gasteiger partial charge in [0.1, 0.15) is 19.3 Å². The molecule has 9 heteroatoms. The SMILES string of the molecule is CCOC(=O)c1cc(C(=O)OCC)cc(C(=O)OCC(O)COC(=O)C(C)(C)CC)c1. The van der Waals surface area contributed by atoms with E-state index in [-0.39, 0.29) is 36.5 Å². The van der Waals surface area contributed by atoms with Gasteiger partial charge in [-0.25, -0.2) is 14.4 Å². The summed E-state index contributed by atoms with van der Waals surface area (Å²) >= 11 is 0. The third kappa shape index (κ3) is 8.01. The number of ether oxygens (including phenoxy) is 4. The minimum absolute atomic E-state index is 0.0179. The van der Waals surface area contributed by atoms with Crippen molar-refractivity contribution in [3.8, 4) is 0 Å². The van der Waals surface area contributed by atoms with Crippen LogP contribution in [0.1, 0.15) is 72.1 Å². The molecule has 0 aliphatic heterocycles. The summed E-state index contributed by atoms with van der Waals surface area (Å²) in [6.07, 6.45) is -0.672. The molecule has 0 fully saturated rings. The molecule has 0 aromatic heterocycles. The maximum atomic E-state index is 12.4. The molecule has 1 unspecified atom stereocenters. The van der Waals surface area contributed by atoms with Gasteiger partial charge in [0.05, 0.1) is 35.3 Å². The first-order chi connectivity index (χ1) is 14.5. The molecule has 31 heavy (non-hydrogen) atoms. The Balaban J connectivity index is 2.85. The zero-order valence-corrected chi connectivity index (χ0v) is 18.6. The van der Waals surface area contributed by atoms with Crippen LogP contribution in [0.25, 0.3) is 0 Å².